The van der Waals surface area contributed by atoms with Gasteiger partial charge in [0.1, 0.15) is 0 Å². The SMILES string of the molecule is CN=C(NCC1CCN(c2ccccc2)C1)NC1CCN(Cc2ccccc2)CC1.I. The highest BCUT2D eigenvalue weighted by Crippen LogP contribution is 2.23. The fourth-order valence-corrected chi connectivity index (χ4v) is 4.58. The molecule has 0 saturated carbocycles. The van der Waals surface area contributed by atoms with Gasteiger partial charge in [-0.2, -0.15) is 0 Å². The van der Waals surface area contributed by atoms with Crippen LogP contribution in [0.15, 0.2) is 65.7 Å². The summed E-state index contributed by atoms with van der Waals surface area (Å²) in [7, 11) is 1.88. The first-order valence-corrected chi connectivity index (χ1v) is 11.3. The number of benzene rings is 2. The van der Waals surface area contributed by atoms with Crippen LogP contribution < -0.4 is 15.5 Å². The number of piperidine rings is 1. The number of nitrogens with one attached hydrogen (secondary N) is 2. The maximum absolute atomic E-state index is 4.47. The number of para-hydroxylation sites is 1. The van der Waals surface area contributed by atoms with E-state index in [9.17, 15) is 0 Å². The van der Waals surface area contributed by atoms with Crippen molar-refractivity contribution in [3.63, 3.8) is 0 Å². The lowest BCUT2D eigenvalue weighted by molar-refractivity contribution is 0.198. The maximum atomic E-state index is 4.47. The number of halogens is 1. The maximum Gasteiger partial charge on any atom is 0.191 e. The summed E-state index contributed by atoms with van der Waals surface area (Å²) in [6.45, 7) is 6.57. The first kappa shape index (κ1) is 23.9. The highest BCUT2D eigenvalue weighted by molar-refractivity contribution is 14.0. The summed E-state index contributed by atoms with van der Waals surface area (Å²) < 4.78 is 0. The number of aliphatic imine (C=N–C) groups is 1. The van der Waals surface area contributed by atoms with Gasteiger partial charge in [-0.25, -0.2) is 0 Å². The van der Waals surface area contributed by atoms with Crippen LogP contribution in [0.5, 0.6) is 0 Å². The summed E-state index contributed by atoms with van der Waals surface area (Å²) in [6.07, 6.45) is 3.56. The Kier molecular flexibility index (Phi) is 9.46. The molecule has 2 aromatic carbocycles. The Hall–Kier alpha value is -1.80. The summed E-state index contributed by atoms with van der Waals surface area (Å²) in [5.74, 6) is 1.62. The Bertz CT molecular complexity index is 790. The largest absolute Gasteiger partial charge is 0.371 e. The smallest absolute Gasteiger partial charge is 0.191 e. The molecule has 0 amide bonds. The Morgan fingerprint density at radius 1 is 0.935 bits per heavy atom. The quantitative estimate of drug-likeness (QED) is 0.335. The Labute approximate surface area is 204 Å². The lowest BCUT2D eigenvalue weighted by atomic mass is 10.0. The van der Waals surface area contributed by atoms with Crippen molar-refractivity contribution in [2.45, 2.75) is 31.8 Å². The monoisotopic (exact) mass is 533 g/mol. The molecule has 31 heavy (non-hydrogen) atoms. The lowest BCUT2D eigenvalue weighted by Gasteiger charge is -2.33. The van der Waals surface area contributed by atoms with E-state index in [1.165, 1.54) is 30.5 Å². The molecule has 2 saturated heterocycles. The van der Waals surface area contributed by atoms with Crippen molar-refractivity contribution in [2.24, 2.45) is 10.9 Å². The molecule has 4 rings (SSSR count). The standard InChI is InChI=1S/C25H35N5.HI/c1-26-25(27-18-22-12-17-30(20-22)24-10-6-3-7-11-24)28-23-13-15-29(16-14-23)19-21-8-4-2-5-9-21;/h2-11,22-23H,12-20H2,1H3,(H2,26,27,28);1H. The predicted octanol–water partition coefficient (Wildman–Crippen LogP) is 3.96. The first-order valence-electron chi connectivity index (χ1n) is 11.3. The molecular formula is C25H36IN5. The average molecular weight is 534 g/mol. The number of likely N-dealkylation sites (tertiary alicyclic amines) is 1. The van der Waals surface area contributed by atoms with E-state index in [0.29, 0.717) is 12.0 Å². The van der Waals surface area contributed by atoms with Crippen LogP contribution in [0.4, 0.5) is 5.69 Å². The molecule has 2 heterocycles. The van der Waals surface area contributed by atoms with Crippen LogP contribution in [0.2, 0.25) is 0 Å². The van der Waals surface area contributed by atoms with Crippen LogP contribution in [0, 0.1) is 5.92 Å². The summed E-state index contributed by atoms with van der Waals surface area (Å²) in [5.41, 5.74) is 2.74. The third-order valence-electron chi connectivity index (χ3n) is 6.37. The molecule has 2 N–H and O–H groups in total. The van der Waals surface area contributed by atoms with Gasteiger partial charge in [0.25, 0.3) is 0 Å². The molecule has 168 valence electrons. The Morgan fingerprint density at radius 2 is 1.61 bits per heavy atom. The van der Waals surface area contributed by atoms with E-state index >= 15 is 0 Å². The Balaban J connectivity index is 0.00000272. The number of hydrogen-bond donors (Lipinski definition) is 2. The van der Waals surface area contributed by atoms with Gasteiger partial charge in [-0.1, -0.05) is 48.5 Å². The fourth-order valence-electron chi connectivity index (χ4n) is 4.58. The van der Waals surface area contributed by atoms with Gasteiger partial charge < -0.3 is 15.5 Å². The number of rotatable bonds is 6. The molecule has 0 aliphatic carbocycles. The van der Waals surface area contributed by atoms with Crippen molar-refractivity contribution in [1.82, 2.24) is 15.5 Å². The fraction of sp³-hybridized carbons (Fsp3) is 0.480. The number of anilines is 1. The second-order valence-electron chi connectivity index (χ2n) is 8.57. The van der Waals surface area contributed by atoms with Gasteiger partial charge in [0, 0.05) is 58.0 Å². The van der Waals surface area contributed by atoms with E-state index < -0.39 is 0 Å². The average Bonchev–Trinajstić information content (AvgIpc) is 3.28. The molecule has 2 aromatic rings. The van der Waals surface area contributed by atoms with E-state index in [-0.39, 0.29) is 24.0 Å². The molecule has 1 unspecified atom stereocenters. The van der Waals surface area contributed by atoms with Crippen LogP contribution in [-0.2, 0) is 6.54 Å². The van der Waals surface area contributed by atoms with Gasteiger partial charge in [-0.05, 0) is 42.9 Å². The zero-order chi connectivity index (χ0) is 20.6. The molecule has 6 heteroatoms. The van der Waals surface area contributed by atoms with E-state index in [0.717, 1.165) is 45.2 Å². The minimum atomic E-state index is 0. The van der Waals surface area contributed by atoms with Gasteiger partial charge in [-0.15, -0.1) is 24.0 Å². The third-order valence-corrected chi connectivity index (χ3v) is 6.37. The van der Waals surface area contributed by atoms with E-state index in [4.69, 9.17) is 0 Å². The van der Waals surface area contributed by atoms with Crippen LogP contribution in [0.3, 0.4) is 0 Å². The second kappa shape index (κ2) is 12.3. The van der Waals surface area contributed by atoms with Crippen molar-refractivity contribution in [2.75, 3.05) is 44.7 Å². The molecule has 2 aliphatic rings. The number of hydrogen-bond acceptors (Lipinski definition) is 3. The van der Waals surface area contributed by atoms with Crippen molar-refractivity contribution < 1.29 is 0 Å². The van der Waals surface area contributed by atoms with E-state index in [1.807, 2.05) is 7.05 Å². The van der Waals surface area contributed by atoms with Crippen LogP contribution in [0.1, 0.15) is 24.8 Å². The van der Waals surface area contributed by atoms with Crippen molar-refractivity contribution in [3.8, 4) is 0 Å². The Morgan fingerprint density at radius 3 is 2.29 bits per heavy atom. The third kappa shape index (κ3) is 7.10. The normalized spacial score (nSPS) is 20.4. The van der Waals surface area contributed by atoms with Crippen molar-refractivity contribution in [3.05, 3.63) is 66.2 Å². The van der Waals surface area contributed by atoms with Gasteiger partial charge in [-0.3, -0.25) is 9.89 Å². The van der Waals surface area contributed by atoms with Gasteiger partial charge in [0.2, 0.25) is 0 Å². The first-order chi connectivity index (χ1) is 14.8. The zero-order valence-corrected chi connectivity index (χ0v) is 20.9. The molecule has 0 aromatic heterocycles. The lowest BCUT2D eigenvalue weighted by Crippen LogP contribution is -2.49. The molecular weight excluding hydrogens is 497 g/mol. The van der Waals surface area contributed by atoms with E-state index in [2.05, 4.69) is 86.1 Å². The van der Waals surface area contributed by atoms with Gasteiger partial charge in [0.05, 0.1) is 0 Å². The molecule has 1 atom stereocenters. The minimum Gasteiger partial charge on any atom is -0.371 e. The van der Waals surface area contributed by atoms with Gasteiger partial charge >= 0.3 is 0 Å². The molecule has 2 aliphatic heterocycles. The number of nitrogens with zero attached hydrogens (tertiary/aromatic N) is 3. The van der Waals surface area contributed by atoms with Gasteiger partial charge in [0.15, 0.2) is 5.96 Å². The van der Waals surface area contributed by atoms with Crippen LogP contribution >= 0.6 is 24.0 Å². The van der Waals surface area contributed by atoms with Crippen molar-refractivity contribution >= 4 is 35.6 Å². The highest BCUT2D eigenvalue weighted by Gasteiger charge is 2.24. The molecule has 0 bridgehead atoms. The topological polar surface area (TPSA) is 42.9 Å². The van der Waals surface area contributed by atoms with Crippen LogP contribution in [0.25, 0.3) is 0 Å². The predicted molar refractivity (Wildman–Crippen MR) is 141 cm³/mol. The van der Waals surface area contributed by atoms with Crippen molar-refractivity contribution in [1.29, 1.82) is 0 Å². The minimum absolute atomic E-state index is 0. The summed E-state index contributed by atoms with van der Waals surface area (Å²) in [6, 6.07) is 22.0. The summed E-state index contributed by atoms with van der Waals surface area (Å²) >= 11 is 0. The number of guanidine groups is 1. The molecule has 0 spiro atoms. The molecule has 5 nitrogen and oxygen atoms in total. The highest BCUT2D eigenvalue weighted by atomic mass is 127. The summed E-state index contributed by atoms with van der Waals surface area (Å²) in [4.78, 5) is 9.52. The zero-order valence-electron chi connectivity index (χ0n) is 18.5. The van der Waals surface area contributed by atoms with E-state index in [1.54, 1.807) is 0 Å². The summed E-state index contributed by atoms with van der Waals surface area (Å²) in [5, 5.41) is 7.24. The van der Waals surface area contributed by atoms with Crippen LogP contribution in [-0.4, -0.2) is 56.7 Å². The second-order valence-corrected chi connectivity index (χ2v) is 8.57. The molecule has 0 radical (unpaired) electrons. The molecule has 2 fully saturated rings.